The highest BCUT2D eigenvalue weighted by Gasteiger charge is 2.09. The van der Waals surface area contributed by atoms with Crippen molar-refractivity contribution in [3.8, 4) is 0 Å². The Morgan fingerprint density at radius 1 is 1.33 bits per heavy atom. The Morgan fingerprint density at radius 2 is 2.13 bits per heavy atom. The minimum Gasteiger partial charge on any atom is -0.480 e. The fraction of sp³-hybridized carbons (Fsp3) is 0.476. The van der Waals surface area contributed by atoms with E-state index in [9.17, 15) is 4.79 Å². The molecule has 3 rings (SSSR count). The number of nitrogens with two attached hydrogens (primary N) is 2. The zero-order chi connectivity index (χ0) is 21.9. The molecule has 30 heavy (non-hydrogen) atoms. The first-order valence-electron chi connectivity index (χ1n) is 10.1. The van der Waals surface area contributed by atoms with E-state index in [1.807, 2.05) is 4.68 Å². The highest BCUT2D eigenvalue weighted by molar-refractivity contribution is 5.83. The van der Waals surface area contributed by atoms with Gasteiger partial charge in [-0.2, -0.15) is 5.10 Å². The molecule has 6 N–H and O–H groups in total. The van der Waals surface area contributed by atoms with Gasteiger partial charge in [0.1, 0.15) is 18.7 Å². The molecule has 3 aromatic rings. The summed E-state index contributed by atoms with van der Waals surface area (Å²) in [7, 11) is 4.20. The maximum Gasteiger partial charge on any atom is 0.320 e. The summed E-state index contributed by atoms with van der Waals surface area (Å²) in [6.45, 7) is 2.42. The van der Waals surface area contributed by atoms with Crippen molar-refractivity contribution in [3.05, 3.63) is 48.2 Å². The van der Waals surface area contributed by atoms with Crippen LogP contribution in [0.5, 0.6) is 0 Å². The maximum atomic E-state index is 10.1. The number of likely N-dealkylation sites (N-methyl/N-ethyl adjacent to an activating group) is 1. The summed E-state index contributed by atoms with van der Waals surface area (Å²) in [5.74, 6) is -0.933. The molecule has 2 aromatic heterocycles. The highest BCUT2D eigenvalue weighted by atomic mass is 16.4. The minimum atomic E-state index is -0.933. The van der Waals surface area contributed by atoms with E-state index in [0.717, 1.165) is 32.4 Å². The van der Waals surface area contributed by atoms with Gasteiger partial charge < -0.3 is 26.5 Å². The van der Waals surface area contributed by atoms with Gasteiger partial charge in [0.25, 0.3) is 0 Å². The van der Waals surface area contributed by atoms with Crippen LogP contribution in [0.1, 0.15) is 30.4 Å². The summed E-state index contributed by atoms with van der Waals surface area (Å²) in [6.07, 6.45) is 8.65. The van der Waals surface area contributed by atoms with Crippen LogP contribution in [0.25, 0.3) is 10.9 Å². The summed E-state index contributed by atoms with van der Waals surface area (Å²) >= 11 is 0. The average Bonchev–Trinajstić information content (AvgIpc) is 3.36. The Balaban J connectivity index is 0.000000274. The van der Waals surface area contributed by atoms with Crippen LogP contribution in [-0.2, 0) is 17.8 Å². The van der Waals surface area contributed by atoms with Crippen molar-refractivity contribution in [3.63, 3.8) is 0 Å². The van der Waals surface area contributed by atoms with Gasteiger partial charge in [-0.3, -0.25) is 4.79 Å². The fourth-order valence-electron chi connectivity index (χ4n) is 3.01. The number of rotatable bonds is 10. The number of benzene rings is 1. The number of aromatic amines is 1. The third-order valence-electron chi connectivity index (χ3n) is 4.76. The van der Waals surface area contributed by atoms with Crippen molar-refractivity contribution in [1.82, 2.24) is 24.6 Å². The molecule has 0 bridgehead atoms. The molecule has 1 aromatic carbocycles. The van der Waals surface area contributed by atoms with Gasteiger partial charge >= 0.3 is 5.97 Å². The third kappa shape index (κ3) is 7.58. The fourth-order valence-corrected chi connectivity index (χ4v) is 3.01. The van der Waals surface area contributed by atoms with Crippen molar-refractivity contribution >= 4 is 16.9 Å². The summed E-state index contributed by atoms with van der Waals surface area (Å²) < 4.78 is 1.84. The zero-order valence-corrected chi connectivity index (χ0v) is 17.8. The number of nitrogens with zero attached hydrogens (tertiary/aromatic N) is 4. The molecular formula is C21H33N7O2. The molecule has 164 valence electrons. The van der Waals surface area contributed by atoms with Gasteiger partial charge in [-0.25, -0.2) is 9.67 Å². The number of unbranched alkanes of at least 4 members (excludes halogenated alkanes) is 1. The Labute approximate surface area is 177 Å². The monoisotopic (exact) mass is 415 g/mol. The lowest BCUT2D eigenvalue weighted by Gasteiger charge is -2.08. The molecule has 0 saturated carbocycles. The van der Waals surface area contributed by atoms with Gasteiger partial charge in [0, 0.05) is 23.6 Å². The van der Waals surface area contributed by atoms with Crippen LogP contribution in [0.2, 0.25) is 0 Å². The van der Waals surface area contributed by atoms with Gasteiger partial charge in [-0.15, -0.1) is 0 Å². The van der Waals surface area contributed by atoms with Crippen LogP contribution in [0.15, 0.2) is 37.1 Å². The molecule has 2 heterocycles. The molecular weight excluding hydrogens is 382 g/mol. The standard InChI is InChI=1S/C15H19N5.C6H14N2O2/c1-19(2)6-5-13-8-17-15-4-3-12(7-14(13)15)9-20-11-16-10-18-20;7-4-2-1-3-5(8)6(9)10/h3-4,7-8,10-11,17H,5-6,9H2,1-2H3;5H,1-4,7-8H2,(H,9,10). The first-order chi connectivity index (χ1) is 14.4. The Bertz CT molecular complexity index is 890. The van der Waals surface area contributed by atoms with Crippen LogP contribution in [0, 0.1) is 0 Å². The lowest BCUT2D eigenvalue weighted by Crippen LogP contribution is -2.29. The summed E-state index contributed by atoms with van der Waals surface area (Å²) in [5, 5.41) is 13.8. The number of carboxylic acids is 1. The Hall–Kier alpha value is -2.75. The lowest BCUT2D eigenvalue weighted by atomic mass is 10.1. The van der Waals surface area contributed by atoms with E-state index in [1.165, 1.54) is 22.0 Å². The normalized spacial score (nSPS) is 12.0. The van der Waals surface area contributed by atoms with E-state index in [4.69, 9.17) is 16.6 Å². The van der Waals surface area contributed by atoms with E-state index >= 15 is 0 Å². The lowest BCUT2D eigenvalue weighted by molar-refractivity contribution is -0.138. The highest BCUT2D eigenvalue weighted by Crippen LogP contribution is 2.21. The molecule has 1 unspecified atom stereocenters. The van der Waals surface area contributed by atoms with Gasteiger partial charge in [0.2, 0.25) is 0 Å². The van der Waals surface area contributed by atoms with Crippen molar-refractivity contribution in [1.29, 1.82) is 0 Å². The zero-order valence-electron chi connectivity index (χ0n) is 17.8. The number of aromatic nitrogens is 4. The quantitative estimate of drug-likeness (QED) is 0.367. The third-order valence-corrected chi connectivity index (χ3v) is 4.76. The van der Waals surface area contributed by atoms with E-state index in [0.29, 0.717) is 13.0 Å². The molecule has 0 aliphatic carbocycles. The maximum absolute atomic E-state index is 10.1. The number of H-pyrrole nitrogens is 1. The van der Waals surface area contributed by atoms with Crippen LogP contribution in [0.4, 0.5) is 0 Å². The van der Waals surface area contributed by atoms with E-state index < -0.39 is 12.0 Å². The number of aliphatic carboxylic acids is 1. The predicted molar refractivity (Wildman–Crippen MR) is 118 cm³/mol. The van der Waals surface area contributed by atoms with Crippen molar-refractivity contribution in [2.45, 2.75) is 38.3 Å². The molecule has 0 aliphatic rings. The van der Waals surface area contributed by atoms with Crippen LogP contribution in [0.3, 0.4) is 0 Å². The molecule has 0 amide bonds. The number of fused-ring (bicyclic) bond motifs is 1. The number of carboxylic acid groups (broad SMARTS) is 1. The average molecular weight is 416 g/mol. The second-order valence-corrected chi connectivity index (χ2v) is 7.57. The molecule has 0 aliphatic heterocycles. The van der Waals surface area contributed by atoms with Crippen molar-refractivity contribution in [2.75, 3.05) is 27.2 Å². The molecule has 9 heteroatoms. The van der Waals surface area contributed by atoms with Crippen LogP contribution < -0.4 is 11.5 Å². The van der Waals surface area contributed by atoms with Crippen LogP contribution >= 0.6 is 0 Å². The van der Waals surface area contributed by atoms with Gasteiger partial charge in [-0.05, 0) is 63.2 Å². The first kappa shape index (κ1) is 23.5. The largest absolute Gasteiger partial charge is 0.480 e. The second-order valence-electron chi connectivity index (χ2n) is 7.57. The van der Waals surface area contributed by atoms with Gasteiger partial charge in [0.15, 0.2) is 0 Å². The van der Waals surface area contributed by atoms with Crippen molar-refractivity contribution in [2.24, 2.45) is 11.5 Å². The first-order valence-corrected chi connectivity index (χ1v) is 10.1. The Kier molecular flexibility index (Phi) is 9.46. The molecule has 0 saturated heterocycles. The summed E-state index contributed by atoms with van der Waals surface area (Å²) in [4.78, 5) is 19.7. The SMILES string of the molecule is CN(C)CCc1c[nH]c2ccc(Cn3cncn3)cc12.NCCCCC(N)C(=O)O. The van der Waals surface area contributed by atoms with E-state index in [1.54, 1.807) is 12.7 Å². The Morgan fingerprint density at radius 3 is 2.77 bits per heavy atom. The predicted octanol–water partition coefficient (Wildman–Crippen LogP) is 1.44. The summed E-state index contributed by atoms with van der Waals surface area (Å²) in [5.41, 5.74) is 14.2. The number of nitrogens with one attached hydrogen (secondary N) is 1. The number of carbonyl (C=O) groups is 1. The molecule has 1 atom stereocenters. The number of hydrogen-bond acceptors (Lipinski definition) is 6. The second kappa shape index (κ2) is 12.1. The molecule has 0 fully saturated rings. The summed E-state index contributed by atoms with van der Waals surface area (Å²) in [6, 6.07) is 5.81. The van der Waals surface area contributed by atoms with E-state index in [-0.39, 0.29) is 0 Å². The van der Waals surface area contributed by atoms with Gasteiger partial charge in [0.05, 0.1) is 6.54 Å². The molecule has 0 spiro atoms. The van der Waals surface area contributed by atoms with Crippen molar-refractivity contribution < 1.29 is 9.90 Å². The minimum absolute atomic E-state index is 0.520. The van der Waals surface area contributed by atoms with Gasteiger partial charge in [-0.1, -0.05) is 12.5 Å². The van der Waals surface area contributed by atoms with Crippen LogP contribution in [-0.4, -0.2) is 69.0 Å². The molecule has 0 radical (unpaired) electrons. The smallest absolute Gasteiger partial charge is 0.320 e. The molecule has 9 nitrogen and oxygen atoms in total. The topological polar surface area (TPSA) is 139 Å². The van der Waals surface area contributed by atoms with E-state index in [2.05, 4.69) is 58.5 Å². The number of hydrogen-bond donors (Lipinski definition) is 4.